The number of hydrogen-bond donors (Lipinski definition) is 1. The summed E-state index contributed by atoms with van der Waals surface area (Å²) in [4.78, 5) is 4.22. The van der Waals surface area contributed by atoms with Crippen molar-refractivity contribution >= 4 is 11.8 Å². The van der Waals surface area contributed by atoms with Crippen LogP contribution in [0.25, 0.3) is 6.08 Å². The Labute approximate surface area is 134 Å². The van der Waals surface area contributed by atoms with E-state index in [1.807, 2.05) is 32.9 Å². The molecule has 0 aliphatic carbocycles. The predicted octanol–water partition coefficient (Wildman–Crippen LogP) is 3.46. The molecule has 118 valence electrons. The second-order valence-electron chi connectivity index (χ2n) is 4.99. The van der Waals surface area contributed by atoms with Crippen LogP contribution in [0, 0.1) is 17.1 Å². The second kappa shape index (κ2) is 7.36. The van der Waals surface area contributed by atoms with E-state index in [9.17, 15) is 9.65 Å². The van der Waals surface area contributed by atoms with Crippen molar-refractivity contribution in [3.05, 3.63) is 59.4 Å². The molecular weight excluding hydrogens is 293 g/mol. The molecule has 1 heterocycles. The fourth-order valence-electron chi connectivity index (χ4n) is 2.14. The first-order valence-corrected chi connectivity index (χ1v) is 7.22. The molecule has 0 saturated heterocycles. The van der Waals surface area contributed by atoms with Gasteiger partial charge in [-0.3, -0.25) is 9.99 Å². The van der Waals surface area contributed by atoms with Gasteiger partial charge in [0.05, 0.1) is 11.9 Å². The lowest BCUT2D eigenvalue weighted by molar-refractivity contribution is 0.445. The van der Waals surface area contributed by atoms with Gasteiger partial charge in [-0.05, 0) is 44.5 Å². The van der Waals surface area contributed by atoms with Crippen LogP contribution in [0.2, 0.25) is 0 Å². The van der Waals surface area contributed by atoms with Crippen LogP contribution in [-0.2, 0) is 0 Å². The molecule has 1 N–H and O–H groups in total. The topological polar surface area (TPSA) is 66.0 Å². The highest BCUT2D eigenvalue weighted by molar-refractivity contribution is 5.98. The van der Waals surface area contributed by atoms with Crippen LogP contribution in [0.15, 0.2) is 41.6 Å². The van der Waals surface area contributed by atoms with Crippen LogP contribution in [0.3, 0.4) is 0 Å². The Morgan fingerprint density at radius 3 is 2.74 bits per heavy atom. The first-order valence-electron chi connectivity index (χ1n) is 7.22. The molecule has 0 saturated carbocycles. The monoisotopic (exact) mass is 311 g/mol. The van der Waals surface area contributed by atoms with Gasteiger partial charge in [-0.1, -0.05) is 18.2 Å². The van der Waals surface area contributed by atoms with Gasteiger partial charge in [0.15, 0.2) is 0 Å². The molecule has 0 spiro atoms. The minimum absolute atomic E-state index is 0.256. The number of hydrogen-bond acceptors (Lipinski definition) is 4. The summed E-state index contributed by atoms with van der Waals surface area (Å²) in [6.07, 6.45) is 4.97. The highest BCUT2D eigenvalue weighted by Crippen LogP contribution is 2.13. The lowest BCUT2D eigenvalue weighted by atomic mass is 10.1. The zero-order valence-electron chi connectivity index (χ0n) is 13.3. The number of hydrazone groups is 1. The van der Waals surface area contributed by atoms with Crippen LogP contribution in [0.1, 0.15) is 44.0 Å². The Kier molecular flexibility index (Phi) is 5.26. The van der Waals surface area contributed by atoms with Gasteiger partial charge in [0.2, 0.25) is 0 Å². The van der Waals surface area contributed by atoms with Crippen molar-refractivity contribution in [3.8, 4) is 6.07 Å². The van der Waals surface area contributed by atoms with E-state index in [4.69, 9.17) is 0 Å². The summed E-state index contributed by atoms with van der Waals surface area (Å²) < 4.78 is 14.7. The molecule has 0 aliphatic rings. The van der Waals surface area contributed by atoms with E-state index in [0.29, 0.717) is 11.5 Å². The van der Waals surface area contributed by atoms with Crippen molar-refractivity contribution in [3.63, 3.8) is 0 Å². The number of rotatable bonds is 5. The van der Waals surface area contributed by atoms with Crippen molar-refractivity contribution in [2.24, 2.45) is 5.10 Å². The molecule has 5 nitrogen and oxygen atoms in total. The average molecular weight is 311 g/mol. The first kappa shape index (κ1) is 16.4. The molecule has 1 unspecified atom stereocenters. The molecule has 0 aliphatic heterocycles. The predicted molar refractivity (Wildman–Crippen MR) is 88.1 cm³/mol. The Hall–Kier alpha value is -2.94. The number of nitriles is 1. The highest BCUT2D eigenvalue weighted by Gasteiger charge is 2.13. The van der Waals surface area contributed by atoms with Crippen molar-refractivity contribution < 1.29 is 4.39 Å². The first-order chi connectivity index (χ1) is 11.1. The number of benzene rings is 1. The minimum Gasteiger partial charge on any atom is -0.294 e. The molecule has 23 heavy (non-hydrogen) atoms. The fraction of sp³-hybridized carbons (Fsp3) is 0.235. The Balaban J connectivity index is 2.20. The summed E-state index contributed by atoms with van der Waals surface area (Å²) in [5.41, 5.74) is 5.01. The maximum Gasteiger partial charge on any atom is 0.142 e. The number of nitrogens with one attached hydrogen (secondary N) is 1. The van der Waals surface area contributed by atoms with Gasteiger partial charge in [0.1, 0.15) is 29.6 Å². The van der Waals surface area contributed by atoms with Gasteiger partial charge in [-0.25, -0.2) is 9.37 Å². The molecule has 0 bridgehead atoms. The average Bonchev–Trinajstić information content (AvgIpc) is 2.96. The SMILES string of the molecule is C/C=C\c1ncc(C#N)n1C(C)N/N=C(\C)c1ccc(F)cc1. The van der Waals surface area contributed by atoms with Gasteiger partial charge >= 0.3 is 0 Å². The molecule has 1 atom stereocenters. The van der Waals surface area contributed by atoms with E-state index in [2.05, 4.69) is 21.6 Å². The third kappa shape index (κ3) is 3.83. The maximum absolute atomic E-state index is 12.9. The van der Waals surface area contributed by atoms with Crippen LogP contribution in [-0.4, -0.2) is 15.3 Å². The van der Waals surface area contributed by atoms with Crippen LogP contribution in [0.4, 0.5) is 4.39 Å². The molecule has 1 aromatic carbocycles. The van der Waals surface area contributed by atoms with Crippen molar-refractivity contribution in [2.45, 2.75) is 26.9 Å². The normalized spacial score (nSPS) is 13.1. The van der Waals surface area contributed by atoms with Gasteiger partial charge in [0, 0.05) is 0 Å². The van der Waals surface area contributed by atoms with E-state index < -0.39 is 0 Å². The maximum atomic E-state index is 12.9. The van der Waals surface area contributed by atoms with Crippen molar-refractivity contribution in [1.29, 1.82) is 5.26 Å². The van der Waals surface area contributed by atoms with Gasteiger partial charge in [-0.2, -0.15) is 10.4 Å². The summed E-state index contributed by atoms with van der Waals surface area (Å²) >= 11 is 0. The summed E-state index contributed by atoms with van der Waals surface area (Å²) in [7, 11) is 0. The number of allylic oxidation sites excluding steroid dienone is 1. The molecule has 0 amide bonds. The van der Waals surface area contributed by atoms with Gasteiger partial charge < -0.3 is 0 Å². The Morgan fingerprint density at radius 2 is 2.13 bits per heavy atom. The fourth-order valence-corrected chi connectivity index (χ4v) is 2.14. The minimum atomic E-state index is -0.282. The van der Waals surface area contributed by atoms with E-state index in [-0.39, 0.29) is 12.0 Å². The van der Waals surface area contributed by atoms with Gasteiger partial charge in [-0.15, -0.1) is 0 Å². The zero-order valence-corrected chi connectivity index (χ0v) is 13.3. The third-order valence-electron chi connectivity index (χ3n) is 3.32. The zero-order chi connectivity index (χ0) is 16.8. The van der Waals surface area contributed by atoms with Gasteiger partial charge in [0.25, 0.3) is 0 Å². The Bertz CT molecular complexity index is 765. The smallest absolute Gasteiger partial charge is 0.142 e. The molecule has 0 radical (unpaired) electrons. The third-order valence-corrected chi connectivity index (χ3v) is 3.32. The highest BCUT2D eigenvalue weighted by atomic mass is 19.1. The van der Waals surface area contributed by atoms with Crippen molar-refractivity contribution in [2.75, 3.05) is 0 Å². The summed E-state index contributed by atoms with van der Waals surface area (Å²) in [5.74, 6) is 0.398. The van der Waals surface area contributed by atoms with Crippen LogP contribution >= 0.6 is 0 Å². The summed E-state index contributed by atoms with van der Waals surface area (Å²) in [6, 6.07) is 8.25. The number of nitrogens with zero attached hydrogens (tertiary/aromatic N) is 4. The molecule has 2 aromatic rings. The van der Waals surface area contributed by atoms with E-state index in [1.54, 1.807) is 16.7 Å². The second-order valence-corrected chi connectivity index (χ2v) is 4.99. The molecule has 1 aromatic heterocycles. The largest absolute Gasteiger partial charge is 0.294 e. The lowest BCUT2D eigenvalue weighted by Gasteiger charge is -2.16. The molecule has 2 rings (SSSR count). The summed E-state index contributed by atoms with van der Waals surface area (Å²) in [5, 5.41) is 13.5. The molecular formula is C17H18FN5. The number of imidazole rings is 1. The lowest BCUT2D eigenvalue weighted by Crippen LogP contribution is -2.22. The standard InChI is InChI=1S/C17H18FN5/c1-4-5-17-20-11-16(10-19)23(17)13(3)22-21-12(2)14-6-8-15(18)9-7-14/h4-9,11,13,22H,1-3H3/b5-4-,21-12+. The quantitative estimate of drug-likeness (QED) is 0.679. The van der Waals surface area contributed by atoms with E-state index in [0.717, 1.165) is 11.3 Å². The molecule has 0 fully saturated rings. The number of halogens is 1. The van der Waals surface area contributed by atoms with Crippen LogP contribution < -0.4 is 5.43 Å². The van der Waals surface area contributed by atoms with Crippen molar-refractivity contribution in [1.82, 2.24) is 15.0 Å². The molecule has 6 heteroatoms. The summed E-state index contributed by atoms with van der Waals surface area (Å²) in [6.45, 7) is 5.61. The van der Waals surface area contributed by atoms with E-state index in [1.165, 1.54) is 18.3 Å². The Morgan fingerprint density at radius 1 is 1.43 bits per heavy atom. The number of aromatic nitrogens is 2. The van der Waals surface area contributed by atoms with E-state index >= 15 is 0 Å². The van der Waals surface area contributed by atoms with Crippen LogP contribution in [0.5, 0.6) is 0 Å².